The predicted molar refractivity (Wildman–Crippen MR) is 94.2 cm³/mol. The van der Waals surface area contributed by atoms with E-state index in [-0.39, 0.29) is 5.91 Å². The molecule has 2 rings (SSSR count). The molecule has 0 radical (unpaired) electrons. The maximum atomic E-state index is 12.5. The smallest absolute Gasteiger partial charge is 0.253 e. The summed E-state index contributed by atoms with van der Waals surface area (Å²) in [7, 11) is 5.50. The van der Waals surface area contributed by atoms with Gasteiger partial charge in [-0.05, 0) is 48.9 Å². The molecule has 0 saturated heterocycles. The minimum Gasteiger partial charge on any atom is -0.497 e. The molecule has 23 heavy (non-hydrogen) atoms. The van der Waals surface area contributed by atoms with Crippen LogP contribution in [0.5, 0.6) is 5.75 Å². The summed E-state index contributed by atoms with van der Waals surface area (Å²) in [5.41, 5.74) is 2.89. The van der Waals surface area contributed by atoms with E-state index in [4.69, 9.17) is 4.74 Å². The third-order valence-electron chi connectivity index (χ3n) is 3.95. The predicted octanol–water partition coefficient (Wildman–Crippen LogP) is 3.42. The van der Waals surface area contributed by atoms with Gasteiger partial charge in [0.25, 0.3) is 5.91 Å². The minimum atomic E-state index is 0.0199. The topological polar surface area (TPSA) is 32.8 Å². The lowest BCUT2D eigenvalue weighted by Crippen LogP contribution is -2.26. The molecule has 122 valence electrons. The number of anilines is 1. The van der Waals surface area contributed by atoms with Crippen molar-refractivity contribution in [2.45, 2.75) is 13.5 Å². The number of benzene rings is 2. The molecule has 0 aromatic heterocycles. The van der Waals surface area contributed by atoms with Gasteiger partial charge >= 0.3 is 0 Å². The van der Waals surface area contributed by atoms with Crippen LogP contribution in [-0.2, 0) is 6.54 Å². The van der Waals surface area contributed by atoms with Crippen molar-refractivity contribution in [3.8, 4) is 5.75 Å². The molecule has 4 nitrogen and oxygen atoms in total. The van der Waals surface area contributed by atoms with Crippen molar-refractivity contribution in [3.63, 3.8) is 0 Å². The Bertz CT molecular complexity index is 635. The summed E-state index contributed by atoms with van der Waals surface area (Å²) in [6.07, 6.45) is 0. The maximum absolute atomic E-state index is 12.5. The molecule has 2 aromatic rings. The van der Waals surface area contributed by atoms with Gasteiger partial charge in [-0.1, -0.05) is 12.1 Å². The van der Waals surface area contributed by atoms with Crippen molar-refractivity contribution in [2.24, 2.45) is 0 Å². The Balaban J connectivity index is 2.03. The molecular formula is C19H24N2O2. The molecular weight excluding hydrogens is 288 g/mol. The van der Waals surface area contributed by atoms with Crippen LogP contribution in [0.15, 0.2) is 48.5 Å². The fourth-order valence-electron chi connectivity index (χ4n) is 2.34. The number of hydrogen-bond acceptors (Lipinski definition) is 3. The molecule has 0 atom stereocenters. The van der Waals surface area contributed by atoms with Crippen LogP contribution in [-0.4, -0.2) is 38.6 Å². The largest absolute Gasteiger partial charge is 0.497 e. The van der Waals surface area contributed by atoms with Gasteiger partial charge in [0, 0.05) is 38.4 Å². The average Bonchev–Trinajstić information content (AvgIpc) is 2.61. The van der Waals surface area contributed by atoms with E-state index in [1.807, 2.05) is 62.6 Å². The number of methoxy groups -OCH3 is 1. The fraction of sp³-hybridized carbons (Fsp3) is 0.316. The molecule has 0 fully saturated rings. The van der Waals surface area contributed by atoms with Gasteiger partial charge in [-0.2, -0.15) is 0 Å². The SMILES string of the molecule is CCN(C)c1ccc(C(=O)N(C)Cc2ccc(OC)cc2)cc1. The van der Waals surface area contributed by atoms with Gasteiger partial charge < -0.3 is 14.5 Å². The summed E-state index contributed by atoms with van der Waals surface area (Å²) in [6.45, 7) is 3.60. The Kier molecular flexibility index (Phi) is 5.63. The summed E-state index contributed by atoms with van der Waals surface area (Å²) >= 11 is 0. The molecule has 0 unspecified atom stereocenters. The van der Waals surface area contributed by atoms with Crippen LogP contribution in [0.3, 0.4) is 0 Å². The molecule has 0 aliphatic carbocycles. The van der Waals surface area contributed by atoms with Crippen molar-refractivity contribution in [1.29, 1.82) is 0 Å². The second kappa shape index (κ2) is 7.68. The second-order valence-electron chi connectivity index (χ2n) is 5.57. The van der Waals surface area contributed by atoms with Crippen molar-refractivity contribution < 1.29 is 9.53 Å². The summed E-state index contributed by atoms with van der Waals surface area (Å²) in [5.74, 6) is 0.838. The molecule has 0 spiro atoms. The number of amides is 1. The minimum absolute atomic E-state index is 0.0199. The summed E-state index contributed by atoms with van der Waals surface area (Å²) in [4.78, 5) is 16.4. The van der Waals surface area contributed by atoms with Crippen molar-refractivity contribution in [3.05, 3.63) is 59.7 Å². The first kappa shape index (κ1) is 16.9. The van der Waals surface area contributed by atoms with Crippen LogP contribution in [0.4, 0.5) is 5.69 Å². The number of carbonyl (C=O) groups excluding carboxylic acids is 1. The number of nitrogens with zero attached hydrogens (tertiary/aromatic N) is 2. The quantitative estimate of drug-likeness (QED) is 0.819. The van der Waals surface area contributed by atoms with Crippen LogP contribution < -0.4 is 9.64 Å². The standard InChI is InChI=1S/C19H24N2O2/c1-5-20(2)17-10-8-16(9-11-17)19(22)21(3)14-15-6-12-18(23-4)13-7-15/h6-13H,5,14H2,1-4H3. The maximum Gasteiger partial charge on any atom is 0.253 e. The molecule has 0 N–H and O–H groups in total. The van der Waals surface area contributed by atoms with Crippen LogP contribution in [0.25, 0.3) is 0 Å². The lowest BCUT2D eigenvalue weighted by atomic mass is 10.1. The molecule has 1 amide bonds. The van der Waals surface area contributed by atoms with Crippen LogP contribution >= 0.6 is 0 Å². The molecule has 0 aliphatic rings. The van der Waals surface area contributed by atoms with Gasteiger partial charge in [0.2, 0.25) is 0 Å². The first-order valence-corrected chi connectivity index (χ1v) is 7.74. The van der Waals surface area contributed by atoms with Gasteiger partial charge in [-0.15, -0.1) is 0 Å². The zero-order valence-electron chi connectivity index (χ0n) is 14.2. The molecule has 2 aromatic carbocycles. The van der Waals surface area contributed by atoms with Gasteiger partial charge in [-0.3, -0.25) is 4.79 Å². The molecule has 0 saturated carbocycles. The van der Waals surface area contributed by atoms with E-state index in [0.29, 0.717) is 12.1 Å². The Morgan fingerprint density at radius 1 is 1.00 bits per heavy atom. The fourth-order valence-corrected chi connectivity index (χ4v) is 2.34. The Morgan fingerprint density at radius 3 is 2.13 bits per heavy atom. The van der Waals surface area contributed by atoms with Gasteiger partial charge in [0.05, 0.1) is 7.11 Å². The highest BCUT2D eigenvalue weighted by Gasteiger charge is 2.12. The van der Waals surface area contributed by atoms with Gasteiger partial charge in [-0.25, -0.2) is 0 Å². The first-order valence-electron chi connectivity index (χ1n) is 7.74. The highest BCUT2D eigenvalue weighted by molar-refractivity contribution is 5.94. The van der Waals surface area contributed by atoms with E-state index in [0.717, 1.165) is 23.5 Å². The summed E-state index contributed by atoms with van der Waals surface area (Å²) in [6, 6.07) is 15.5. The second-order valence-corrected chi connectivity index (χ2v) is 5.57. The Morgan fingerprint density at radius 2 is 1.61 bits per heavy atom. The first-order chi connectivity index (χ1) is 11.0. The van der Waals surface area contributed by atoms with E-state index >= 15 is 0 Å². The van der Waals surface area contributed by atoms with Crippen LogP contribution in [0.1, 0.15) is 22.8 Å². The highest BCUT2D eigenvalue weighted by atomic mass is 16.5. The normalized spacial score (nSPS) is 10.3. The summed E-state index contributed by atoms with van der Waals surface area (Å²) < 4.78 is 5.15. The Labute approximate surface area is 138 Å². The van der Waals surface area contributed by atoms with Crippen molar-refractivity contribution >= 4 is 11.6 Å². The third kappa shape index (κ3) is 4.25. The molecule has 0 bridgehead atoms. The highest BCUT2D eigenvalue weighted by Crippen LogP contribution is 2.16. The Hall–Kier alpha value is -2.49. The van der Waals surface area contributed by atoms with Gasteiger partial charge in [0.1, 0.15) is 5.75 Å². The van der Waals surface area contributed by atoms with E-state index in [2.05, 4.69) is 11.8 Å². The zero-order chi connectivity index (χ0) is 16.8. The third-order valence-corrected chi connectivity index (χ3v) is 3.95. The van der Waals surface area contributed by atoms with Crippen LogP contribution in [0.2, 0.25) is 0 Å². The van der Waals surface area contributed by atoms with E-state index in [9.17, 15) is 4.79 Å². The molecule has 0 aliphatic heterocycles. The average molecular weight is 312 g/mol. The summed E-state index contributed by atoms with van der Waals surface area (Å²) in [5, 5.41) is 0. The molecule has 4 heteroatoms. The van der Waals surface area contributed by atoms with E-state index in [1.165, 1.54) is 0 Å². The number of hydrogen-bond donors (Lipinski definition) is 0. The lowest BCUT2D eigenvalue weighted by Gasteiger charge is -2.19. The number of ether oxygens (including phenoxy) is 1. The van der Waals surface area contributed by atoms with Crippen LogP contribution in [0, 0.1) is 0 Å². The van der Waals surface area contributed by atoms with E-state index < -0.39 is 0 Å². The van der Waals surface area contributed by atoms with Crippen molar-refractivity contribution in [2.75, 3.05) is 32.6 Å². The number of carbonyl (C=O) groups is 1. The zero-order valence-corrected chi connectivity index (χ0v) is 14.2. The van der Waals surface area contributed by atoms with Gasteiger partial charge in [0.15, 0.2) is 0 Å². The van der Waals surface area contributed by atoms with E-state index in [1.54, 1.807) is 12.0 Å². The number of rotatable bonds is 6. The monoisotopic (exact) mass is 312 g/mol. The van der Waals surface area contributed by atoms with Crippen molar-refractivity contribution in [1.82, 2.24) is 4.90 Å². The lowest BCUT2D eigenvalue weighted by molar-refractivity contribution is 0.0785. The molecule has 0 heterocycles.